The predicted octanol–water partition coefficient (Wildman–Crippen LogP) is 1.61. The van der Waals surface area contributed by atoms with Gasteiger partial charge in [0.15, 0.2) is 0 Å². The number of nitrogens with one attached hydrogen (secondary N) is 1. The van der Waals surface area contributed by atoms with Crippen molar-refractivity contribution in [3.8, 4) is 0 Å². The van der Waals surface area contributed by atoms with E-state index in [1.807, 2.05) is 32.0 Å². The lowest BCUT2D eigenvalue weighted by atomic mass is 10.1. The molecule has 130 valence electrons. The summed E-state index contributed by atoms with van der Waals surface area (Å²) in [6.45, 7) is 4.50. The second kappa shape index (κ2) is 7.29. The Hall–Kier alpha value is -2.96. The highest BCUT2D eigenvalue weighted by molar-refractivity contribution is 5.76. The molecule has 1 amide bonds. The maximum atomic E-state index is 12.1. The number of amides is 1. The summed E-state index contributed by atoms with van der Waals surface area (Å²) in [5, 5.41) is 7.11. The first-order chi connectivity index (χ1) is 12.0. The molecule has 25 heavy (non-hydrogen) atoms. The number of hydrogen-bond donors (Lipinski definition) is 2. The lowest BCUT2D eigenvalue weighted by Crippen LogP contribution is -2.26. The third-order valence-corrected chi connectivity index (χ3v) is 4.25. The van der Waals surface area contributed by atoms with Crippen molar-refractivity contribution in [1.29, 1.82) is 0 Å². The van der Waals surface area contributed by atoms with E-state index in [1.165, 1.54) is 5.56 Å². The van der Waals surface area contributed by atoms with E-state index in [-0.39, 0.29) is 11.9 Å². The fourth-order valence-electron chi connectivity index (χ4n) is 2.90. The number of fused-ring (bicyclic) bond motifs is 1. The van der Waals surface area contributed by atoms with E-state index in [2.05, 4.69) is 32.5 Å². The van der Waals surface area contributed by atoms with Gasteiger partial charge in [-0.25, -0.2) is 4.98 Å². The lowest BCUT2D eigenvalue weighted by Gasteiger charge is -2.10. The van der Waals surface area contributed by atoms with Gasteiger partial charge in [-0.15, -0.1) is 5.10 Å². The third-order valence-electron chi connectivity index (χ3n) is 4.25. The van der Waals surface area contributed by atoms with Crippen molar-refractivity contribution in [2.45, 2.75) is 33.1 Å². The summed E-state index contributed by atoms with van der Waals surface area (Å²) in [6, 6.07) is 10.1. The first-order valence-corrected chi connectivity index (χ1v) is 8.33. The Bertz CT molecular complexity index is 887. The zero-order valence-corrected chi connectivity index (χ0v) is 14.5. The summed E-state index contributed by atoms with van der Waals surface area (Å²) in [5.74, 6) is 0.724. The van der Waals surface area contributed by atoms with Gasteiger partial charge in [-0.1, -0.05) is 30.3 Å². The Labute approximate surface area is 146 Å². The highest BCUT2D eigenvalue weighted by Crippen LogP contribution is 2.16. The maximum absolute atomic E-state index is 12.1. The molecule has 0 aliphatic carbocycles. The van der Waals surface area contributed by atoms with Crippen molar-refractivity contribution in [3.05, 3.63) is 52.8 Å². The topological polar surface area (TPSA) is 98.2 Å². The van der Waals surface area contributed by atoms with Gasteiger partial charge >= 0.3 is 0 Å². The summed E-state index contributed by atoms with van der Waals surface area (Å²) < 4.78 is 1.63. The second-order valence-corrected chi connectivity index (χ2v) is 6.03. The normalized spacial score (nSPS) is 11.0. The molecule has 0 spiro atoms. The first kappa shape index (κ1) is 16.9. The zero-order chi connectivity index (χ0) is 17.8. The fraction of sp³-hybridized carbons (Fsp3) is 0.333. The summed E-state index contributed by atoms with van der Waals surface area (Å²) in [6.07, 6.45) is 1.85. The Balaban J connectivity index is 1.57. The van der Waals surface area contributed by atoms with Crippen LogP contribution in [-0.2, 0) is 17.6 Å². The number of nitrogens with two attached hydrogens (primary N) is 1. The average molecular weight is 338 g/mol. The Morgan fingerprint density at radius 3 is 2.68 bits per heavy atom. The number of aromatic nitrogens is 4. The van der Waals surface area contributed by atoms with Gasteiger partial charge in [-0.2, -0.15) is 9.50 Å². The zero-order valence-electron chi connectivity index (χ0n) is 14.5. The second-order valence-electron chi connectivity index (χ2n) is 6.03. The van der Waals surface area contributed by atoms with E-state index in [0.717, 1.165) is 23.4 Å². The number of carbonyl (C=O) groups excluding carboxylic acids is 1. The largest absolute Gasteiger partial charge is 0.366 e. The van der Waals surface area contributed by atoms with Crippen LogP contribution in [0.5, 0.6) is 0 Å². The number of rotatable bonds is 6. The standard InChI is InChI=1S/C18H22N6O/c1-12-15(13(2)24-18(21-12)22-17(19)23-24)8-9-16(25)20-11-10-14-6-4-3-5-7-14/h3-7H,8-11H2,1-2H3,(H2,19,23)(H,20,25). The summed E-state index contributed by atoms with van der Waals surface area (Å²) in [7, 11) is 0. The van der Waals surface area contributed by atoms with Gasteiger partial charge in [0.25, 0.3) is 5.78 Å². The van der Waals surface area contributed by atoms with Gasteiger partial charge in [-0.3, -0.25) is 4.79 Å². The number of carbonyl (C=O) groups is 1. The summed E-state index contributed by atoms with van der Waals surface area (Å²) in [5.41, 5.74) is 9.64. The third kappa shape index (κ3) is 3.93. The Morgan fingerprint density at radius 1 is 1.16 bits per heavy atom. The van der Waals surface area contributed by atoms with Crippen molar-refractivity contribution >= 4 is 17.6 Å². The van der Waals surface area contributed by atoms with Crippen LogP contribution in [0.2, 0.25) is 0 Å². The van der Waals surface area contributed by atoms with Gasteiger partial charge < -0.3 is 11.1 Å². The molecule has 0 atom stereocenters. The molecule has 2 aromatic heterocycles. The van der Waals surface area contributed by atoms with Crippen LogP contribution in [0.3, 0.4) is 0 Å². The van der Waals surface area contributed by atoms with E-state index < -0.39 is 0 Å². The van der Waals surface area contributed by atoms with Gasteiger partial charge in [0, 0.05) is 24.4 Å². The minimum Gasteiger partial charge on any atom is -0.366 e. The molecule has 0 radical (unpaired) electrons. The minimum absolute atomic E-state index is 0.0351. The molecule has 3 aromatic rings. The molecule has 0 fully saturated rings. The van der Waals surface area contributed by atoms with Crippen molar-refractivity contribution in [3.63, 3.8) is 0 Å². The molecule has 1 aromatic carbocycles. The van der Waals surface area contributed by atoms with E-state index in [0.29, 0.717) is 25.2 Å². The monoisotopic (exact) mass is 338 g/mol. The lowest BCUT2D eigenvalue weighted by molar-refractivity contribution is -0.121. The molecule has 0 bridgehead atoms. The number of aryl methyl sites for hydroxylation is 2. The first-order valence-electron chi connectivity index (χ1n) is 8.33. The predicted molar refractivity (Wildman–Crippen MR) is 96.1 cm³/mol. The number of anilines is 1. The van der Waals surface area contributed by atoms with E-state index in [4.69, 9.17) is 5.73 Å². The fourth-order valence-corrected chi connectivity index (χ4v) is 2.90. The highest BCUT2D eigenvalue weighted by Gasteiger charge is 2.13. The van der Waals surface area contributed by atoms with Crippen LogP contribution in [-0.4, -0.2) is 32.0 Å². The van der Waals surface area contributed by atoms with Crippen molar-refractivity contribution in [2.75, 3.05) is 12.3 Å². The molecule has 0 unspecified atom stereocenters. The van der Waals surface area contributed by atoms with Crippen molar-refractivity contribution < 1.29 is 4.79 Å². The highest BCUT2D eigenvalue weighted by atomic mass is 16.1. The van der Waals surface area contributed by atoms with Crippen molar-refractivity contribution in [2.24, 2.45) is 0 Å². The minimum atomic E-state index is 0.0351. The smallest absolute Gasteiger partial charge is 0.254 e. The van der Waals surface area contributed by atoms with E-state index in [9.17, 15) is 4.79 Å². The van der Waals surface area contributed by atoms with Gasteiger partial charge in [0.1, 0.15) is 0 Å². The maximum Gasteiger partial charge on any atom is 0.254 e. The van der Waals surface area contributed by atoms with Crippen LogP contribution in [0.25, 0.3) is 5.78 Å². The van der Waals surface area contributed by atoms with Crippen LogP contribution in [0.15, 0.2) is 30.3 Å². The SMILES string of the molecule is Cc1nc2nc(N)nn2c(C)c1CCC(=O)NCCc1ccccc1. The Kier molecular flexibility index (Phi) is 4.92. The molecule has 3 N–H and O–H groups in total. The van der Waals surface area contributed by atoms with Crippen LogP contribution in [0.4, 0.5) is 5.95 Å². The van der Waals surface area contributed by atoms with Crippen LogP contribution < -0.4 is 11.1 Å². The summed E-state index contributed by atoms with van der Waals surface area (Å²) >= 11 is 0. The number of nitrogen functional groups attached to an aromatic ring is 1. The number of benzene rings is 1. The number of nitrogens with zero attached hydrogens (tertiary/aromatic N) is 4. The van der Waals surface area contributed by atoms with Crippen LogP contribution in [0, 0.1) is 13.8 Å². The molecular weight excluding hydrogens is 316 g/mol. The molecular formula is C18H22N6O. The van der Waals surface area contributed by atoms with Crippen LogP contribution in [0.1, 0.15) is 28.9 Å². The van der Waals surface area contributed by atoms with Gasteiger partial charge in [0.2, 0.25) is 11.9 Å². The number of hydrogen-bond acceptors (Lipinski definition) is 5. The molecule has 7 nitrogen and oxygen atoms in total. The molecule has 0 aliphatic heterocycles. The molecule has 7 heteroatoms. The van der Waals surface area contributed by atoms with E-state index >= 15 is 0 Å². The molecule has 3 rings (SSSR count). The molecule has 2 heterocycles. The molecule has 0 saturated carbocycles. The molecule has 0 aliphatic rings. The van der Waals surface area contributed by atoms with Gasteiger partial charge in [-0.05, 0) is 37.8 Å². The van der Waals surface area contributed by atoms with Crippen LogP contribution >= 0.6 is 0 Å². The summed E-state index contributed by atoms with van der Waals surface area (Å²) in [4.78, 5) is 20.6. The van der Waals surface area contributed by atoms with E-state index in [1.54, 1.807) is 4.52 Å². The average Bonchev–Trinajstić information content (AvgIpc) is 2.96. The van der Waals surface area contributed by atoms with Gasteiger partial charge in [0.05, 0.1) is 0 Å². The Morgan fingerprint density at radius 2 is 1.92 bits per heavy atom. The van der Waals surface area contributed by atoms with Crippen molar-refractivity contribution in [1.82, 2.24) is 24.9 Å². The molecule has 0 saturated heterocycles. The quantitative estimate of drug-likeness (QED) is 0.711.